The number of hydrogen-bond acceptors (Lipinski definition) is 3. The number of ether oxygens (including phenoxy) is 1. The Labute approximate surface area is 155 Å². The van der Waals surface area contributed by atoms with Crippen LogP contribution in [0.5, 0.6) is 5.75 Å². The first-order chi connectivity index (χ1) is 12.7. The first-order valence-corrected chi connectivity index (χ1v) is 8.31. The number of rotatable bonds is 7. The fourth-order valence-corrected chi connectivity index (χ4v) is 2.52. The van der Waals surface area contributed by atoms with Crippen LogP contribution in [0.3, 0.4) is 0 Å². The third kappa shape index (κ3) is 6.06. The number of alkyl halides is 3. The fourth-order valence-electron chi connectivity index (χ4n) is 2.52. The highest BCUT2D eigenvalue weighted by Gasteiger charge is 2.30. The Kier molecular flexibility index (Phi) is 6.50. The van der Waals surface area contributed by atoms with Gasteiger partial charge in [0, 0.05) is 23.4 Å². The van der Waals surface area contributed by atoms with Gasteiger partial charge in [-0.3, -0.25) is 0 Å². The number of halogens is 3. The van der Waals surface area contributed by atoms with Gasteiger partial charge < -0.3 is 15.2 Å². The summed E-state index contributed by atoms with van der Waals surface area (Å²) in [6.07, 6.45) is -2.69. The van der Waals surface area contributed by atoms with E-state index in [0.29, 0.717) is 18.5 Å². The quantitative estimate of drug-likeness (QED) is 0.634. The maximum absolute atomic E-state index is 12.2. The maximum atomic E-state index is 12.2. The molecule has 144 valence electrons. The molecule has 0 bridgehead atoms. The standard InChI is InChI=1S/C20H20F3NO3/c1-3-15(19(25)26)11-17-13(2)5-4-6-18(17)24-12-14-7-9-16(10-8-14)27-20(21,22)23/h4-11,24H,3,12H2,1-2H3,(H,25,26)/b15-11+. The van der Waals surface area contributed by atoms with Crippen molar-refractivity contribution in [1.82, 2.24) is 0 Å². The molecule has 0 amide bonds. The van der Waals surface area contributed by atoms with Crippen molar-refractivity contribution in [2.45, 2.75) is 33.2 Å². The van der Waals surface area contributed by atoms with E-state index >= 15 is 0 Å². The molecular formula is C20H20F3NO3. The average Bonchev–Trinajstić information content (AvgIpc) is 2.58. The van der Waals surface area contributed by atoms with E-state index in [9.17, 15) is 23.1 Å². The van der Waals surface area contributed by atoms with Gasteiger partial charge in [0.1, 0.15) is 5.75 Å². The molecule has 2 aromatic rings. The molecule has 2 aromatic carbocycles. The van der Waals surface area contributed by atoms with Crippen molar-refractivity contribution in [3.05, 3.63) is 64.7 Å². The van der Waals surface area contributed by atoms with Crippen LogP contribution in [-0.2, 0) is 11.3 Å². The van der Waals surface area contributed by atoms with Crippen molar-refractivity contribution in [2.75, 3.05) is 5.32 Å². The van der Waals surface area contributed by atoms with Crippen LogP contribution in [-0.4, -0.2) is 17.4 Å². The van der Waals surface area contributed by atoms with Crippen molar-refractivity contribution in [1.29, 1.82) is 0 Å². The number of carboxylic acid groups (broad SMARTS) is 1. The third-order valence-corrected chi connectivity index (χ3v) is 3.94. The zero-order chi connectivity index (χ0) is 20.0. The molecule has 2 N–H and O–H groups in total. The van der Waals surface area contributed by atoms with Crippen molar-refractivity contribution in [2.24, 2.45) is 0 Å². The number of anilines is 1. The van der Waals surface area contributed by atoms with Gasteiger partial charge in [-0.2, -0.15) is 0 Å². The molecule has 0 unspecified atom stereocenters. The predicted molar refractivity (Wildman–Crippen MR) is 97.5 cm³/mol. The summed E-state index contributed by atoms with van der Waals surface area (Å²) in [5.74, 6) is -1.24. The van der Waals surface area contributed by atoms with Crippen LogP contribution >= 0.6 is 0 Å². The molecule has 2 rings (SSSR count). The lowest BCUT2D eigenvalue weighted by molar-refractivity contribution is -0.274. The minimum Gasteiger partial charge on any atom is -0.478 e. The summed E-state index contributed by atoms with van der Waals surface area (Å²) in [4.78, 5) is 11.3. The second-order valence-electron chi connectivity index (χ2n) is 5.91. The molecular weight excluding hydrogens is 359 g/mol. The van der Waals surface area contributed by atoms with Crippen LogP contribution in [0, 0.1) is 6.92 Å². The van der Waals surface area contributed by atoms with Crippen LogP contribution in [0.15, 0.2) is 48.0 Å². The Morgan fingerprint density at radius 1 is 1.19 bits per heavy atom. The molecule has 0 spiro atoms. The van der Waals surface area contributed by atoms with Crippen molar-refractivity contribution in [3.8, 4) is 5.75 Å². The fraction of sp³-hybridized carbons (Fsp3) is 0.250. The van der Waals surface area contributed by atoms with Crippen LogP contribution < -0.4 is 10.1 Å². The Balaban J connectivity index is 2.17. The maximum Gasteiger partial charge on any atom is 0.573 e. The highest BCUT2D eigenvalue weighted by Crippen LogP contribution is 2.25. The third-order valence-electron chi connectivity index (χ3n) is 3.94. The van der Waals surface area contributed by atoms with Crippen molar-refractivity contribution in [3.63, 3.8) is 0 Å². The van der Waals surface area contributed by atoms with E-state index in [2.05, 4.69) is 10.1 Å². The number of hydrogen-bond donors (Lipinski definition) is 2. The molecule has 0 aromatic heterocycles. The lowest BCUT2D eigenvalue weighted by Crippen LogP contribution is -2.17. The highest BCUT2D eigenvalue weighted by atomic mass is 19.4. The second kappa shape index (κ2) is 8.62. The van der Waals surface area contributed by atoms with Gasteiger partial charge in [0.15, 0.2) is 0 Å². The highest BCUT2D eigenvalue weighted by molar-refractivity contribution is 5.93. The number of carboxylic acids is 1. The lowest BCUT2D eigenvalue weighted by atomic mass is 10.0. The van der Waals surface area contributed by atoms with Gasteiger partial charge >= 0.3 is 12.3 Å². The summed E-state index contributed by atoms with van der Waals surface area (Å²) in [5.41, 5.74) is 3.49. The van der Waals surface area contributed by atoms with Gasteiger partial charge in [0.2, 0.25) is 0 Å². The van der Waals surface area contributed by atoms with E-state index in [1.54, 1.807) is 13.0 Å². The van der Waals surface area contributed by atoms with Gasteiger partial charge in [-0.1, -0.05) is 31.2 Å². The predicted octanol–water partition coefficient (Wildman–Crippen LogP) is 5.38. The summed E-state index contributed by atoms with van der Waals surface area (Å²) in [6, 6.07) is 11.1. The summed E-state index contributed by atoms with van der Waals surface area (Å²) >= 11 is 0. The SMILES string of the molecule is CC/C(=C\c1c(C)cccc1NCc1ccc(OC(F)(F)F)cc1)C(=O)O. The Bertz CT molecular complexity index is 827. The number of benzene rings is 2. The second-order valence-corrected chi connectivity index (χ2v) is 5.91. The Hall–Kier alpha value is -2.96. The summed E-state index contributed by atoms with van der Waals surface area (Å²) in [7, 11) is 0. The zero-order valence-electron chi connectivity index (χ0n) is 14.9. The minimum atomic E-state index is -4.72. The Morgan fingerprint density at radius 3 is 2.41 bits per heavy atom. The lowest BCUT2D eigenvalue weighted by Gasteiger charge is -2.14. The van der Waals surface area contributed by atoms with Crippen molar-refractivity contribution < 1.29 is 27.8 Å². The van der Waals surface area contributed by atoms with Crippen molar-refractivity contribution >= 4 is 17.7 Å². The van der Waals surface area contributed by atoms with E-state index in [1.165, 1.54) is 24.3 Å². The molecule has 0 fully saturated rings. The molecule has 0 saturated carbocycles. The Morgan fingerprint density at radius 2 is 1.85 bits per heavy atom. The molecule has 0 atom stereocenters. The van der Waals surface area contributed by atoms with Gasteiger partial charge in [-0.05, 0) is 48.7 Å². The van der Waals surface area contributed by atoms with Crippen LogP contribution in [0.2, 0.25) is 0 Å². The molecule has 0 aliphatic rings. The molecule has 0 heterocycles. The largest absolute Gasteiger partial charge is 0.573 e. The van der Waals surface area contributed by atoms with Gasteiger partial charge in [0.25, 0.3) is 0 Å². The summed E-state index contributed by atoms with van der Waals surface area (Å²) < 4.78 is 40.5. The number of aliphatic carboxylic acids is 1. The topological polar surface area (TPSA) is 58.6 Å². The molecule has 0 saturated heterocycles. The van der Waals surface area contributed by atoms with E-state index in [-0.39, 0.29) is 5.75 Å². The zero-order valence-corrected chi connectivity index (χ0v) is 14.9. The van der Waals surface area contributed by atoms with Crippen LogP contribution in [0.25, 0.3) is 6.08 Å². The van der Waals surface area contributed by atoms with Crippen LogP contribution in [0.1, 0.15) is 30.0 Å². The van der Waals surface area contributed by atoms with E-state index < -0.39 is 12.3 Å². The van der Waals surface area contributed by atoms with E-state index in [4.69, 9.17) is 0 Å². The first kappa shape index (κ1) is 20.4. The molecule has 4 nitrogen and oxygen atoms in total. The normalized spacial score (nSPS) is 12.0. The molecule has 0 aliphatic carbocycles. The minimum absolute atomic E-state index is 0.278. The molecule has 27 heavy (non-hydrogen) atoms. The summed E-state index contributed by atoms with van der Waals surface area (Å²) in [6.45, 7) is 4.02. The summed E-state index contributed by atoms with van der Waals surface area (Å²) in [5, 5.41) is 12.5. The van der Waals surface area contributed by atoms with Crippen LogP contribution in [0.4, 0.5) is 18.9 Å². The van der Waals surface area contributed by atoms with E-state index in [1.807, 2.05) is 25.1 Å². The number of aryl methyl sites for hydroxylation is 1. The van der Waals surface area contributed by atoms with Gasteiger partial charge in [-0.15, -0.1) is 13.2 Å². The number of carbonyl (C=O) groups is 1. The number of nitrogens with one attached hydrogen (secondary N) is 1. The van der Waals surface area contributed by atoms with Gasteiger partial charge in [-0.25, -0.2) is 4.79 Å². The first-order valence-electron chi connectivity index (χ1n) is 8.31. The molecule has 0 aliphatic heterocycles. The monoisotopic (exact) mass is 379 g/mol. The molecule has 0 radical (unpaired) electrons. The molecule has 7 heteroatoms. The smallest absolute Gasteiger partial charge is 0.478 e. The van der Waals surface area contributed by atoms with Gasteiger partial charge in [0.05, 0.1) is 0 Å². The average molecular weight is 379 g/mol. The van der Waals surface area contributed by atoms with E-state index in [0.717, 1.165) is 22.4 Å².